The largest absolute Gasteiger partial charge is 0.489 e. The van der Waals surface area contributed by atoms with Crippen LogP contribution in [0, 0.1) is 0 Å². The first-order valence-corrected chi connectivity index (χ1v) is 10.7. The summed E-state index contributed by atoms with van der Waals surface area (Å²) in [5.74, 6) is 1.70. The second kappa shape index (κ2) is 8.67. The molecule has 0 unspecified atom stereocenters. The molecule has 32 heavy (non-hydrogen) atoms. The summed E-state index contributed by atoms with van der Waals surface area (Å²) in [5.41, 5.74) is 5.78. The van der Waals surface area contributed by atoms with E-state index >= 15 is 0 Å². The van der Waals surface area contributed by atoms with Crippen molar-refractivity contribution in [3.05, 3.63) is 84.1 Å². The summed E-state index contributed by atoms with van der Waals surface area (Å²) in [6.45, 7) is 3.51. The van der Waals surface area contributed by atoms with E-state index in [9.17, 15) is 4.79 Å². The summed E-state index contributed by atoms with van der Waals surface area (Å²) >= 11 is 0. The van der Waals surface area contributed by atoms with E-state index in [1.54, 1.807) is 6.92 Å². The molecule has 6 heteroatoms. The van der Waals surface area contributed by atoms with Crippen LogP contribution in [0.1, 0.15) is 24.6 Å². The van der Waals surface area contributed by atoms with Gasteiger partial charge in [-0.25, -0.2) is 9.97 Å². The molecule has 0 aliphatic carbocycles. The Bertz CT molecular complexity index is 1280. The number of hydrogen-bond donors (Lipinski definition) is 1. The van der Waals surface area contributed by atoms with Gasteiger partial charge in [0.15, 0.2) is 5.65 Å². The zero-order chi connectivity index (χ0) is 21.9. The van der Waals surface area contributed by atoms with Gasteiger partial charge in [-0.05, 0) is 54.0 Å². The van der Waals surface area contributed by atoms with Crippen LogP contribution in [0.15, 0.2) is 72.8 Å². The van der Waals surface area contributed by atoms with E-state index in [-0.39, 0.29) is 5.91 Å². The van der Waals surface area contributed by atoms with E-state index in [0.29, 0.717) is 18.8 Å². The van der Waals surface area contributed by atoms with E-state index < -0.39 is 0 Å². The summed E-state index contributed by atoms with van der Waals surface area (Å²) in [6, 6.07) is 22.1. The van der Waals surface area contributed by atoms with Crippen LogP contribution in [-0.4, -0.2) is 38.8 Å². The van der Waals surface area contributed by atoms with Crippen molar-refractivity contribution in [3.8, 4) is 17.1 Å². The van der Waals surface area contributed by atoms with Gasteiger partial charge in [0, 0.05) is 25.6 Å². The van der Waals surface area contributed by atoms with E-state index in [2.05, 4.69) is 11.1 Å². The van der Waals surface area contributed by atoms with E-state index in [1.807, 2.05) is 71.6 Å². The molecule has 2 aromatic carbocycles. The number of imidazole rings is 1. The summed E-state index contributed by atoms with van der Waals surface area (Å²) < 4.78 is 5.87. The average molecular weight is 425 g/mol. The van der Waals surface area contributed by atoms with Crippen LogP contribution in [0.4, 0.5) is 0 Å². The predicted molar refractivity (Wildman–Crippen MR) is 125 cm³/mol. The Morgan fingerprint density at radius 2 is 1.84 bits per heavy atom. The maximum atomic E-state index is 11.5. The number of ether oxygens (including phenoxy) is 1. The van der Waals surface area contributed by atoms with Gasteiger partial charge in [0.25, 0.3) is 0 Å². The highest BCUT2D eigenvalue weighted by Crippen LogP contribution is 2.26. The maximum absolute atomic E-state index is 11.5. The van der Waals surface area contributed by atoms with E-state index in [0.717, 1.165) is 52.5 Å². The Morgan fingerprint density at radius 3 is 2.56 bits per heavy atom. The van der Waals surface area contributed by atoms with Crippen molar-refractivity contribution in [1.82, 2.24) is 19.9 Å². The van der Waals surface area contributed by atoms with Gasteiger partial charge < -0.3 is 14.6 Å². The minimum absolute atomic E-state index is 0.108. The Hall–Kier alpha value is -3.93. The molecule has 5 rings (SSSR count). The number of benzene rings is 2. The molecule has 1 N–H and O–H groups in total. The van der Waals surface area contributed by atoms with Crippen molar-refractivity contribution in [2.45, 2.75) is 20.0 Å². The lowest BCUT2D eigenvalue weighted by Gasteiger charge is -2.25. The normalized spacial score (nSPS) is 13.8. The van der Waals surface area contributed by atoms with Crippen molar-refractivity contribution in [2.24, 2.45) is 0 Å². The predicted octanol–water partition coefficient (Wildman–Crippen LogP) is 4.84. The monoisotopic (exact) mass is 424 g/mol. The lowest BCUT2D eigenvalue weighted by atomic mass is 10.0. The molecule has 1 aliphatic heterocycles. The number of H-pyrrole nitrogens is 1. The fraction of sp³-hybridized carbons (Fsp3) is 0.192. The van der Waals surface area contributed by atoms with Gasteiger partial charge in [0.2, 0.25) is 5.91 Å². The van der Waals surface area contributed by atoms with Gasteiger partial charge in [-0.3, -0.25) is 4.79 Å². The quantitative estimate of drug-likeness (QED) is 0.498. The third-order valence-electron chi connectivity index (χ3n) is 5.71. The highest BCUT2D eigenvalue weighted by molar-refractivity contribution is 5.80. The number of aromatic amines is 1. The third kappa shape index (κ3) is 4.25. The molecular weight excluding hydrogens is 400 g/mol. The molecule has 0 atom stereocenters. The number of pyridine rings is 1. The van der Waals surface area contributed by atoms with Crippen LogP contribution in [0.2, 0.25) is 0 Å². The molecule has 160 valence electrons. The topological polar surface area (TPSA) is 71.1 Å². The number of fused-ring (bicyclic) bond motifs is 1. The van der Waals surface area contributed by atoms with Gasteiger partial charge in [-0.2, -0.15) is 0 Å². The van der Waals surface area contributed by atoms with Crippen LogP contribution in [0.25, 0.3) is 28.1 Å². The van der Waals surface area contributed by atoms with Crippen LogP contribution in [0.5, 0.6) is 5.75 Å². The Balaban J connectivity index is 1.31. The molecule has 0 saturated heterocycles. The third-order valence-corrected chi connectivity index (χ3v) is 5.71. The number of nitrogens with one attached hydrogen (secondary N) is 1. The average Bonchev–Trinajstić information content (AvgIpc) is 3.27. The highest BCUT2D eigenvalue weighted by Gasteiger charge is 2.16. The van der Waals surface area contributed by atoms with Crippen LogP contribution >= 0.6 is 0 Å². The lowest BCUT2D eigenvalue weighted by molar-refractivity contribution is -0.128. The molecular formula is C26H24N4O2. The number of carbonyl (C=O) groups is 1. The highest BCUT2D eigenvalue weighted by atomic mass is 16.5. The number of rotatable bonds is 5. The Kier molecular flexibility index (Phi) is 5.42. The van der Waals surface area contributed by atoms with Gasteiger partial charge in [-0.15, -0.1) is 0 Å². The molecule has 1 amide bonds. The van der Waals surface area contributed by atoms with Crippen LogP contribution in [-0.2, 0) is 11.4 Å². The standard InChI is InChI=1S/C26H24N4O2/c1-18(31)30-15-13-20(14-16-30)23-11-12-24-26(27-23)29-25(28-24)21-7-9-22(10-8-21)32-17-19-5-3-2-4-6-19/h2-13H,14-17H2,1H3,(H,27,28,29). The number of carbonyl (C=O) groups excluding carboxylic acids is 1. The smallest absolute Gasteiger partial charge is 0.219 e. The van der Waals surface area contributed by atoms with Crippen molar-refractivity contribution in [3.63, 3.8) is 0 Å². The second-order valence-corrected chi connectivity index (χ2v) is 7.90. The number of amides is 1. The fourth-order valence-corrected chi connectivity index (χ4v) is 3.85. The first kappa shape index (κ1) is 20.0. The van der Waals surface area contributed by atoms with E-state index in [1.165, 1.54) is 0 Å². The first-order chi connectivity index (χ1) is 15.7. The molecule has 0 radical (unpaired) electrons. The zero-order valence-electron chi connectivity index (χ0n) is 17.9. The fourth-order valence-electron chi connectivity index (χ4n) is 3.85. The summed E-state index contributed by atoms with van der Waals surface area (Å²) in [4.78, 5) is 26.2. The van der Waals surface area contributed by atoms with Gasteiger partial charge >= 0.3 is 0 Å². The summed E-state index contributed by atoms with van der Waals surface area (Å²) in [5, 5.41) is 0. The van der Waals surface area contributed by atoms with Gasteiger partial charge in [0.1, 0.15) is 18.2 Å². The molecule has 0 fully saturated rings. The van der Waals surface area contributed by atoms with Crippen molar-refractivity contribution in [2.75, 3.05) is 13.1 Å². The SMILES string of the molecule is CC(=O)N1CC=C(c2ccc3[nH]c(-c4ccc(OCc5ccccc5)cc4)nc3n2)CC1. The van der Waals surface area contributed by atoms with Gasteiger partial charge in [-0.1, -0.05) is 36.4 Å². The number of aromatic nitrogens is 3. The molecule has 0 spiro atoms. The van der Waals surface area contributed by atoms with E-state index in [4.69, 9.17) is 14.7 Å². The first-order valence-electron chi connectivity index (χ1n) is 10.7. The number of nitrogens with zero attached hydrogens (tertiary/aromatic N) is 3. The molecule has 6 nitrogen and oxygen atoms in total. The van der Waals surface area contributed by atoms with Gasteiger partial charge in [0.05, 0.1) is 11.2 Å². The molecule has 3 heterocycles. The summed E-state index contributed by atoms with van der Waals surface area (Å²) in [6.07, 6.45) is 2.89. The molecule has 4 aromatic rings. The minimum atomic E-state index is 0.108. The van der Waals surface area contributed by atoms with Crippen molar-refractivity contribution < 1.29 is 9.53 Å². The van der Waals surface area contributed by atoms with Crippen molar-refractivity contribution >= 4 is 22.6 Å². The Labute approximate surface area is 186 Å². The van der Waals surface area contributed by atoms with Crippen LogP contribution < -0.4 is 4.74 Å². The summed E-state index contributed by atoms with van der Waals surface area (Å²) in [7, 11) is 0. The number of hydrogen-bond acceptors (Lipinski definition) is 4. The van der Waals surface area contributed by atoms with Crippen LogP contribution in [0.3, 0.4) is 0 Å². The Morgan fingerprint density at radius 1 is 1.03 bits per heavy atom. The molecule has 0 bridgehead atoms. The molecule has 0 saturated carbocycles. The molecule has 2 aromatic heterocycles. The minimum Gasteiger partial charge on any atom is -0.489 e. The molecule has 1 aliphatic rings. The zero-order valence-corrected chi connectivity index (χ0v) is 17.9. The lowest BCUT2D eigenvalue weighted by Crippen LogP contribution is -2.32. The maximum Gasteiger partial charge on any atom is 0.219 e. The van der Waals surface area contributed by atoms with Crippen molar-refractivity contribution in [1.29, 1.82) is 0 Å². The second-order valence-electron chi connectivity index (χ2n) is 7.90.